The number of hydrogen-bond acceptors (Lipinski definition) is 4. The Morgan fingerprint density at radius 1 is 0.882 bits per heavy atom. The molecular formula is C26H33N3O5. The van der Waals surface area contributed by atoms with Crippen LogP contribution in [0.4, 0.5) is 4.79 Å². The molecule has 2 aromatic carbocycles. The average Bonchev–Trinajstić information content (AvgIpc) is 2.86. The molecule has 2 atom stereocenters. The minimum atomic E-state index is -0.902. The Labute approximate surface area is 200 Å². The molecule has 34 heavy (non-hydrogen) atoms. The molecule has 0 saturated carbocycles. The van der Waals surface area contributed by atoms with Gasteiger partial charge in [-0.15, -0.1) is 0 Å². The SMILES string of the molecule is O=C(O)CCC(CCc1ccccc1)NC(=O)C(Cc1ccccc1)NC(=O)N1CCOCC1. The first-order valence-electron chi connectivity index (χ1n) is 11.7. The zero-order chi connectivity index (χ0) is 24.2. The topological polar surface area (TPSA) is 108 Å². The van der Waals surface area contributed by atoms with Gasteiger partial charge in [-0.3, -0.25) is 9.59 Å². The van der Waals surface area contributed by atoms with Gasteiger partial charge in [-0.25, -0.2) is 4.79 Å². The number of amides is 3. The minimum Gasteiger partial charge on any atom is -0.481 e. The van der Waals surface area contributed by atoms with Crippen LogP contribution in [0.25, 0.3) is 0 Å². The summed E-state index contributed by atoms with van der Waals surface area (Å²) in [6, 6.07) is 18.0. The van der Waals surface area contributed by atoms with Crippen LogP contribution in [0.1, 0.15) is 30.4 Å². The molecule has 2 aromatic rings. The normalized spacial score (nSPS) is 15.2. The van der Waals surface area contributed by atoms with E-state index in [1.54, 1.807) is 4.90 Å². The third kappa shape index (κ3) is 8.51. The predicted molar refractivity (Wildman–Crippen MR) is 128 cm³/mol. The molecule has 1 saturated heterocycles. The van der Waals surface area contributed by atoms with Gasteiger partial charge in [0.05, 0.1) is 13.2 Å². The highest BCUT2D eigenvalue weighted by molar-refractivity contribution is 5.87. The Balaban J connectivity index is 1.68. The van der Waals surface area contributed by atoms with Crippen LogP contribution in [-0.2, 0) is 27.2 Å². The van der Waals surface area contributed by atoms with Gasteiger partial charge >= 0.3 is 12.0 Å². The fourth-order valence-corrected chi connectivity index (χ4v) is 3.94. The van der Waals surface area contributed by atoms with E-state index in [1.807, 2.05) is 60.7 Å². The number of rotatable bonds is 11. The van der Waals surface area contributed by atoms with Crippen molar-refractivity contribution in [2.45, 2.75) is 44.2 Å². The lowest BCUT2D eigenvalue weighted by molar-refractivity contribution is -0.137. The van der Waals surface area contributed by atoms with Crippen molar-refractivity contribution in [1.29, 1.82) is 0 Å². The van der Waals surface area contributed by atoms with E-state index in [0.29, 0.717) is 45.6 Å². The van der Waals surface area contributed by atoms with Crippen molar-refractivity contribution in [2.75, 3.05) is 26.3 Å². The van der Waals surface area contributed by atoms with Crippen LogP contribution >= 0.6 is 0 Å². The van der Waals surface area contributed by atoms with Crippen LogP contribution < -0.4 is 10.6 Å². The van der Waals surface area contributed by atoms with Crippen molar-refractivity contribution < 1.29 is 24.2 Å². The number of carbonyl (C=O) groups excluding carboxylic acids is 2. The predicted octanol–water partition coefficient (Wildman–Crippen LogP) is 2.62. The number of carboxylic acids is 1. The monoisotopic (exact) mass is 467 g/mol. The highest BCUT2D eigenvalue weighted by Gasteiger charge is 2.27. The Morgan fingerprint density at radius 3 is 2.12 bits per heavy atom. The van der Waals surface area contributed by atoms with Crippen molar-refractivity contribution in [2.24, 2.45) is 0 Å². The average molecular weight is 468 g/mol. The number of aliphatic carboxylic acids is 1. The summed E-state index contributed by atoms with van der Waals surface area (Å²) in [6.07, 6.45) is 1.95. The second-order valence-corrected chi connectivity index (χ2v) is 8.45. The molecular weight excluding hydrogens is 434 g/mol. The van der Waals surface area contributed by atoms with Crippen molar-refractivity contribution in [3.8, 4) is 0 Å². The smallest absolute Gasteiger partial charge is 0.318 e. The second-order valence-electron chi connectivity index (χ2n) is 8.45. The first-order chi connectivity index (χ1) is 16.5. The van der Waals surface area contributed by atoms with Crippen LogP contribution in [0, 0.1) is 0 Å². The van der Waals surface area contributed by atoms with Crippen molar-refractivity contribution >= 4 is 17.9 Å². The van der Waals surface area contributed by atoms with Gasteiger partial charge in [-0.2, -0.15) is 0 Å². The molecule has 0 aliphatic carbocycles. The Hall–Kier alpha value is -3.39. The van der Waals surface area contributed by atoms with Crippen molar-refractivity contribution in [3.05, 3.63) is 71.8 Å². The molecule has 2 unspecified atom stereocenters. The van der Waals surface area contributed by atoms with Gasteiger partial charge in [0.1, 0.15) is 6.04 Å². The van der Waals surface area contributed by atoms with Gasteiger partial charge in [-0.05, 0) is 30.4 Å². The number of carbonyl (C=O) groups is 3. The third-order valence-electron chi connectivity index (χ3n) is 5.87. The van der Waals surface area contributed by atoms with Gasteiger partial charge in [0.25, 0.3) is 0 Å². The highest BCUT2D eigenvalue weighted by Crippen LogP contribution is 2.11. The van der Waals surface area contributed by atoms with Crippen LogP contribution in [0.5, 0.6) is 0 Å². The number of aryl methyl sites for hydroxylation is 1. The standard InChI is InChI=1S/C26H33N3O5/c30-24(31)14-13-22(12-11-20-7-3-1-4-8-20)27-25(32)23(19-21-9-5-2-6-10-21)28-26(33)29-15-17-34-18-16-29/h1-10,22-23H,11-19H2,(H,27,32)(H,28,33)(H,30,31). The largest absolute Gasteiger partial charge is 0.481 e. The molecule has 3 rings (SSSR count). The summed E-state index contributed by atoms with van der Waals surface area (Å²) in [5.74, 6) is -1.21. The van der Waals surface area contributed by atoms with Gasteiger partial charge in [0.15, 0.2) is 0 Å². The molecule has 1 aliphatic heterocycles. The third-order valence-corrected chi connectivity index (χ3v) is 5.87. The fraction of sp³-hybridized carbons (Fsp3) is 0.423. The van der Waals surface area contributed by atoms with Gasteiger partial charge in [-0.1, -0.05) is 60.7 Å². The summed E-state index contributed by atoms with van der Waals surface area (Å²) in [4.78, 5) is 39.0. The number of carboxylic acid groups (broad SMARTS) is 1. The Morgan fingerprint density at radius 2 is 1.50 bits per heavy atom. The van der Waals surface area contributed by atoms with E-state index in [-0.39, 0.29) is 24.4 Å². The summed E-state index contributed by atoms with van der Waals surface area (Å²) in [7, 11) is 0. The molecule has 1 aliphatic rings. The lowest BCUT2D eigenvalue weighted by atomic mass is 10.00. The summed E-state index contributed by atoms with van der Waals surface area (Å²) in [5, 5.41) is 15.1. The maximum absolute atomic E-state index is 13.3. The molecule has 0 aromatic heterocycles. The van der Waals surface area contributed by atoms with Crippen LogP contribution in [0.3, 0.4) is 0 Å². The molecule has 3 amide bonds. The van der Waals surface area contributed by atoms with Crippen LogP contribution in [0.15, 0.2) is 60.7 Å². The molecule has 3 N–H and O–H groups in total. The number of hydrogen-bond donors (Lipinski definition) is 3. The maximum atomic E-state index is 13.3. The van der Waals surface area contributed by atoms with E-state index in [1.165, 1.54) is 0 Å². The van der Waals surface area contributed by atoms with E-state index in [0.717, 1.165) is 17.5 Å². The maximum Gasteiger partial charge on any atom is 0.318 e. The first-order valence-corrected chi connectivity index (χ1v) is 11.7. The van der Waals surface area contributed by atoms with E-state index in [2.05, 4.69) is 10.6 Å². The lowest BCUT2D eigenvalue weighted by Crippen LogP contribution is -2.55. The Kier molecular flexibility index (Phi) is 9.91. The van der Waals surface area contributed by atoms with Crippen molar-refractivity contribution in [3.63, 3.8) is 0 Å². The molecule has 0 spiro atoms. The molecule has 0 radical (unpaired) electrons. The number of nitrogens with one attached hydrogen (secondary N) is 2. The Bertz CT molecular complexity index is 917. The zero-order valence-electron chi connectivity index (χ0n) is 19.3. The molecule has 1 fully saturated rings. The minimum absolute atomic E-state index is 0.0385. The molecule has 1 heterocycles. The lowest BCUT2D eigenvalue weighted by Gasteiger charge is -2.30. The summed E-state index contributed by atoms with van der Waals surface area (Å²) in [6.45, 7) is 1.90. The van der Waals surface area contributed by atoms with E-state index >= 15 is 0 Å². The summed E-state index contributed by atoms with van der Waals surface area (Å²) >= 11 is 0. The van der Waals surface area contributed by atoms with Gasteiger partial charge < -0.3 is 25.4 Å². The number of benzene rings is 2. The fourth-order valence-electron chi connectivity index (χ4n) is 3.94. The van der Waals surface area contributed by atoms with Crippen LogP contribution in [-0.4, -0.2) is 66.3 Å². The van der Waals surface area contributed by atoms with Gasteiger partial charge in [0.2, 0.25) is 5.91 Å². The van der Waals surface area contributed by atoms with Gasteiger partial charge in [0, 0.05) is 32.0 Å². The first kappa shape index (κ1) is 25.2. The number of ether oxygens (including phenoxy) is 1. The molecule has 182 valence electrons. The second kappa shape index (κ2) is 13.3. The van der Waals surface area contributed by atoms with E-state index in [4.69, 9.17) is 9.84 Å². The molecule has 8 nitrogen and oxygen atoms in total. The molecule has 0 bridgehead atoms. The summed E-state index contributed by atoms with van der Waals surface area (Å²) < 4.78 is 5.31. The van der Waals surface area contributed by atoms with Crippen LogP contribution in [0.2, 0.25) is 0 Å². The number of nitrogens with zero attached hydrogens (tertiary/aromatic N) is 1. The number of morpholine rings is 1. The zero-order valence-corrected chi connectivity index (χ0v) is 19.3. The van der Waals surface area contributed by atoms with E-state index in [9.17, 15) is 14.4 Å². The van der Waals surface area contributed by atoms with Crippen molar-refractivity contribution in [1.82, 2.24) is 15.5 Å². The quantitative estimate of drug-likeness (QED) is 0.471. The molecule has 8 heteroatoms. The summed E-state index contributed by atoms with van der Waals surface area (Å²) in [5.41, 5.74) is 2.05. The highest BCUT2D eigenvalue weighted by atomic mass is 16.5. The number of urea groups is 1. The van der Waals surface area contributed by atoms with E-state index < -0.39 is 12.0 Å².